The molecule has 0 aromatic carbocycles. The number of ether oxygens (including phenoxy) is 1. The second kappa shape index (κ2) is 6.82. The van der Waals surface area contributed by atoms with Gasteiger partial charge in [0.1, 0.15) is 5.69 Å². The van der Waals surface area contributed by atoms with E-state index in [1.165, 1.54) is 12.1 Å². The molecule has 1 aliphatic heterocycles. The standard InChI is InChI=1S/C14H22N4O3/c1-9(18-7-10(2)21-11(3)8-18)6-15-14(20)12-4-5-13(19)17-16-12/h4-5,9-11H,6-8H2,1-3H3,(H,15,20)(H,17,19). The van der Waals surface area contributed by atoms with Crippen molar-refractivity contribution in [3.8, 4) is 0 Å². The number of nitrogens with zero attached hydrogens (tertiary/aromatic N) is 2. The largest absolute Gasteiger partial charge is 0.373 e. The van der Waals surface area contributed by atoms with Gasteiger partial charge in [0, 0.05) is 31.7 Å². The molecule has 1 aromatic rings. The fourth-order valence-corrected chi connectivity index (χ4v) is 2.51. The van der Waals surface area contributed by atoms with Gasteiger partial charge in [-0.2, -0.15) is 5.10 Å². The molecule has 0 spiro atoms. The SMILES string of the molecule is CC1CN(C(C)CNC(=O)c2ccc(=O)[nH]n2)CC(C)O1. The van der Waals surface area contributed by atoms with E-state index in [-0.39, 0.29) is 35.4 Å². The molecule has 7 heteroatoms. The molecule has 1 aromatic heterocycles. The monoisotopic (exact) mass is 294 g/mol. The van der Waals surface area contributed by atoms with E-state index in [4.69, 9.17) is 4.74 Å². The molecule has 1 fully saturated rings. The highest BCUT2D eigenvalue weighted by Crippen LogP contribution is 2.13. The van der Waals surface area contributed by atoms with Gasteiger partial charge in [0.05, 0.1) is 12.2 Å². The number of aromatic amines is 1. The Morgan fingerprint density at radius 2 is 2.14 bits per heavy atom. The lowest BCUT2D eigenvalue weighted by atomic mass is 10.1. The van der Waals surface area contributed by atoms with E-state index >= 15 is 0 Å². The van der Waals surface area contributed by atoms with Crippen LogP contribution < -0.4 is 10.9 Å². The number of hydrogen-bond donors (Lipinski definition) is 2. The second-order valence-electron chi connectivity index (χ2n) is 5.58. The zero-order valence-electron chi connectivity index (χ0n) is 12.6. The van der Waals surface area contributed by atoms with E-state index in [0.717, 1.165) is 13.1 Å². The number of nitrogens with one attached hydrogen (secondary N) is 2. The third-order valence-corrected chi connectivity index (χ3v) is 3.54. The zero-order chi connectivity index (χ0) is 15.4. The predicted octanol–water partition coefficient (Wildman–Crippen LogP) is -0.00260. The molecule has 2 heterocycles. The van der Waals surface area contributed by atoms with E-state index in [1.807, 2.05) is 0 Å². The molecule has 3 atom stereocenters. The lowest BCUT2D eigenvalue weighted by Crippen LogP contribution is -2.52. The van der Waals surface area contributed by atoms with Gasteiger partial charge < -0.3 is 10.1 Å². The number of hydrogen-bond acceptors (Lipinski definition) is 5. The number of rotatable bonds is 4. The van der Waals surface area contributed by atoms with Crippen molar-refractivity contribution >= 4 is 5.91 Å². The Hall–Kier alpha value is -1.73. The van der Waals surface area contributed by atoms with Crippen LogP contribution in [0.2, 0.25) is 0 Å². The second-order valence-corrected chi connectivity index (χ2v) is 5.58. The maximum atomic E-state index is 11.9. The molecule has 116 valence electrons. The summed E-state index contributed by atoms with van der Waals surface area (Å²) >= 11 is 0. The summed E-state index contributed by atoms with van der Waals surface area (Å²) in [6, 6.07) is 2.92. The van der Waals surface area contributed by atoms with Gasteiger partial charge in [-0.3, -0.25) is 14.5 Å². The van der Waals surface area contributed by atoms with Gasteiger partial charge >= 0.3 is 0 Å². The van der Waals surface area contributed by atoms with Crippen LogP contribution in [0.3, 0.4) is 0 Å². The van der Waals surface area contributed by atoms with Crippen molar-refractivity contribution in [1.29, 1.82) is 0 Å². The number of carbonyl (C=O) groups is 1. The highest BCUT2D eigenvalue weighted by atomic mass is 16.5. The molecule has 1 amide bonds. The molecule has 21 heavy (non-hydrogen) atoms. The lowest BCUT2D eigenvalue weighted by molar-refractivity contribution is -0.0778. The topological polar surface area (TPSA) is 87.3 Å². The maximum Gasteiger partial charge on any atom is 0.271 e. The van der Waals surface area contributed by atoms with Crippen LogP contribution in [0, 0.1) is 0 Å². The fourth-order valence-electron chi connectivity index (χ4n) is 2.51. The Bertz CT molecular complexity index is 515. The Morgan fingerprint density at radius 1 is 1.48 bits per heavy atom. The van der Waals surface area contributed by atoms with Crippen molar-refractivity contribution < 1.29 is 9.53 Å². The molecule has 1 aliphatic rings. The summed E-state index contributed by atoms with van der Waals surface area (Å²) < 4.78 is 5.70. The molecule has 1 saturated heterocycles. The molecule has 0 radical (unpaired) electrons. The lowest BCUT2D eigenvalue weighted by Gasteiger charge is -2.38. The number of morpholine rings is 1. The Kier molecular flexibility index (Phi) is 5.08. The Labute approximate surface area is 123 Å². The molecule has 0 saturated carbocycles. The number of aromatic nitrogens is 2. The Morgan fingerprint density at radius 3 is 2.71 bits per heavy atom. The van der Waals surface area contributed by atoms with E-state index in [1.54, 1.807) is 0 Å². The van der Waals surface area contributed by atoms with Gasteiger partial charge in [0.25, 0.3) is 11.5 Å². The highest BCUT2D eigenvalue weighted by Gasteiger charge is 2.25. The van der Waals surface area contributed by atoms with Crippen LogP contribution >= 0.6 is 0 Å². The van der Waals surface area contributed by atoms with Crippen LogP contribution in [0.15, 0.2) is 16.9 Å². The summed E-state index contributed by atoms with van der Waals surface area (Å²) in [7, 11) is 0. The minimum Gasteiger partial charge on any atom is -0.373 e. The number of H-pyrrole nitrogens is 1. The van der Waals surface area contributed by atoms with Crippen molar-refractivity contribution in [3.05, 3.63) is 28.2 Å². The summed E-state index contributed by atoms with van der Waals surface area (Å²) in [4.78, 5) is 25.1. The summed E-state index contributed by atoms with van der Waals surface area (Å²) in [6.45, 7) is 8.43. The zero-order valence-corrected chi connectivity index (χ0v) is 12.6. The fraction of sp³-hybridized carbons (Fsp3) is 0.643. The molecular formula is C14H22N4O3. The van der Waals surface area contributed by atoms with E-state index in [0.29, 0.717) is 6.54 Å². The van der Waals surface area contributed by atoms with Crippen molar-refractivity contribution in [2.45, 2.75) is 39.0 Å². The van der Waals surface area contributed by atoms with E-state index in [2.05, 4.69) is 41.2 Å². The first-order valence-corrected chi connectivity index (χ1v) is 7.19. The van der Waals surface area contributed by atoms with E-state index < -0.39 is 0 Å². The van der Waals surface area contributed by atoms with Crippen LogP contribution in [0.25, 0.3) is 0 Å². The average molecular weight is 294 g/mol. The van der Waals surface area contributed by atoms with Crippen molar-refractivity contribution in [2.24, 2.45) is 0 Å². The maximum absolute atomic E-state index is 11.9. The normalized spacial score (nSPS) is 24.5. The quantitative estimate of drug-likeness (QED) is 0.816. The first-order chi connectivity index (χ1) is 9.95. The van der Waals surface area contributed by atoms with Crippen LogP contribution in [-0.2, 0) is 4.74 Å². The number of carbonyl (C=O) groups excluding carboxylic acids is 1. The van der Waals surface area contributed by atoms with Crippen molar-refractivity contribution in [1.82, 2.24) is 20.4 Å². The molecule has 0 aliphatic carbocycles. The highest BCUT2D eigenvalue weighted by molar-refractivity contribution is 5.91. The smallest absolute Gasteiger partial charge is 0.271 e. The molecule has 0 bridgehead atoms. The van der Waals surface area contributed by atoms with E-state index in [9.17, 15) is 9.59 Å². The van der Waals surface area contributed by atoms with Gasteiger partial charge in [-0.25, -0.2) is 5.10 Å². The van der Waals surface area contributed by atoms with Crippen LogP contribution in [0.1, 0.15) is 31.3 Å². The third kappa shape index (κ3) is 4.37. The van der Waals surface area contributed by atoms with Gasteiger partial charge in [0.2, 0.25) is 0 Å². The van der Waals surface area contributed by atoms with Crippen molar-refractivity contribution in [3.63, 3.8) is 0 Å². The molecule has 7 nitrogen and oxygen atoms in total. The summed E-state index contributed by atoms with van der Waals surface area (Å²) in [6.07, 6.45) is 0.403. The summed E-state index contributed by atoms with van der Waals surface area (Å²) in [5.74, 6) is -0.285. The molecule has 2 N–H and O–H groups in total. The minimum absolute atomic E-state index is 0.202. The van der Waals surface area contributed by atoms with Gasteiger partial charge in [-0.15, -0.1) is 0 Å². The van der Waals surface area contributed by atoms with Crippen LogP contribution in [0.5, 0.6) is 0 Å². The van der Waals surface area contributed by atoms with Gasteiger partial charge in [0.15, 0.2) is 0 Å². The van der Waals surface area contributed by atoms with Crippen LogP contribution in [0.4, 0.5) is 0 Å². The molecular weight excluding hydrogens is 272 g/mol. The van der Waals surface area contributed by atoms with Crippen molar-refractivity contribution in [2.75, 3.05) is 19.6 Å². The summed E-state index contributed by atoms with van der Waals surface area (Å²) in [5.41, 5.74) is -0.110. The van der Waals surface area contributed by atoms with Gasteiger partial charge in [-0.05, 0) is 26.8 Å². The van der Waals surface area contributed by atoms with Gasteiger partial charge in [-0.1, -0.05) is 0 Å². The number of amides is 1. The summed E-state index contributed by atoms with van der Waals surface area (Å²) in [5, 5.41) is 8.80. The minimum atomic E-state index is -0.323. The molecule has 2 rings (SSSR count). The Balaban J connectivity index is 1.85. The third-order valence-electron chi connectivity index (χ3n) is 3.54. The first kappa shape index (κ1) is 15.7. The van der Waals surface area contributed by atoms with Crippen LogP contribution in [-0.4, -0.2) is 58.9 Å². The average Bonchev–Trinajstić information content (AvgIpc) is 2.44. The first-order valence-electron chi connectivity index (χ1n) is 7.19. The molecule has 3 unspecified atom stereocenters. The predicted molar refractivity (Wildman–Crippen MR) is 78.2 cm³/mol.